The summed E-state index contributed by atoms with van der Waals surface area (Å²) < 4.78 is 0. The van der Waals surface area contributed by atoms with Crippen molar-refractivity contribution in [3.8, 4) is 22.3 Å². The lowest BCUT2D eigenvalue weighted by Crippen LogP contribution is -1.89. The van der Waals surface area contributed by atoms with Crippen molar-refractivity contribution in [3.63, 3.8) is 0 Å². The number of nitrogens with one attached hydrogen (secondary N) is 1. The Morgan fingerprint density at radius 2 is 0.680 bits per heavy atom. The Bertz CT molecular complexity index is 925. The highest BCUT2D eigenvalue weighted by Crippen LogP contribution is 2.26. The maximum atomic E-state index is 3.41. The highest BCUT2D eigenvalue weighted by atomic mass is 14.9. The van der Waals surface area contributed by atoms with Crippen LogP contribution in [0.4, 0.5) is 11.4 Å². The van der Waals surface area contributed by atoms with Crippen LogP contribution in [0.5, 0.6) is 0 Å². The third-order valence-corrected chi connectivity index (χ3v) is 4.27. The van der Waals surface area contributed by atoms with Crippen LogP contribution in [0.1, 0.15) is 0 Å². The molecule has 0 aromatic heterocycles. The summed E-state index contributed by atoms with van der Waals surface area (Å²) in [6.07, 6.45) is 0. The highest BCUT2D eigenvalue weighted by Gasteiger charge is 2.01. The first-order valence-electron chi connectivity index (χ1n) is 8.46. The molecular formula is C24H19N. The van der Waals surface area contributed by atoms with Gasteiger partial charge >= 0.3 is 0 Å². The van der Waals surface area contributed by atoms with Gasteiger partial charge in [-0.25, -0.2) is 0 Å². The van der Waals surface area contributed by atoms with Gasteiger partial charge in [0.25, 0.3) is 0 Å². The quantitative estimate of drug-likeness (QED) is 0.437. The molecule has 0 fully saturated rings. The molecule has 0 aliphatic carbocycles. The van der Waals surface area contributed by atoms with Crippen LogP contribution in [0, 0.1) is 0 Å². The van der Waals surface area contributed by atoms with Gasteiger partial charge in [-0.15, -0.1) is 0 Å². The van der Waals surface area contributed by atoms with Crippen molar-refractivity contribution in [3.05, 3.63) is 109 Å². The Morgan fingerprint density at radius 1 is 0.320 bits per heavy atom. The van der Waals surface area contributed by atoms with Crippen molar-refractivity contribution in [1.29, 1.82) is 0 Å². The second-order valence-corrected chi connectivity index (χ2v) is 6.01. The van der Waals surface area contributed by atoms with Crippen molar-refractivity contribution in [1.82, 2.24) is 0 Å². The lowest BCUT2D eigenvalue weighted by Gasteiger charge is -2.08. The van der Waals surface area contributed by atoms with Gasteiger partial charge in [0, 0.05) is 11.4 Å². The Kier molecular flexibility index (Phi) is 4.30. The molecule has 0 bridgehead atoms. The van der Waals surface area contributed by atoms with Crippen LogP contribution < -0.4 is 5.32 Å². The molecule has 4 aromatic carbocycles. The Morgan fingerprint density at radius 3 is 1.20 bits per heavy atom. The Balaban J connectivity index is 1.52. The second kappa shape index (κ2) is 7.06. The zero-order valence-electron chi connectivity index (χ0n) is 13.9. The fourth-order valence-electron chi connectivity index (χ4n) is 2.92. The van der Waals surface area contributed by atoms with Gasteiger partial charge in [0.2, 0.25) is 0 Å². The molecule has 0 radical (unpaired) electrons. The molecule has 4 rings (SSSR count). The van der Waals surface area contributed by atoms with Gasteiger partial charge in [0.1, 0.15) is 0 Å². The van der Waals surface area contributed by atoms with Crippen molar-refractivity contribution < 1.29 is 0 Å². The van der Waals surface area contributed by atoms with Crippen molar-refractivity contribution >= 4 is 11.4 Å². The third kappa shape index (κ3) is 3.61. The first kappa shape index (κ1) is 15.2. The van der Waals surface area contributed by atoms with Crippen LogP contribution in [0.2, 0.25) is 0 Å². The number of anilines is 2. The van der Waals surface area contributed by atoms with Crippen molar-refractivity contribution in [2.75, 3.05) is 5.32 Å². The van der Waals surface area contributed by atoms with Crippen molar-refractivity contribution in [2.24, 2.45) is 0 Å². The fraction of sp³-hybridized carbons (Fsp3) is 0. The van der Waals surface area contributed by atoms with E-state index in [-0.39, 0.29) is 0 Å². The van der Waals surface area contributed by atoms with Crippen LogP contribution >= 0.6 is 0 Å². The molecule has 0 spiro atoms. The molecule has 0 heterocycles. The van der Waals surface area contributed by atoms with Crippen LogP contribution in [0.3, 0.4) is 0 Å². The van der Waals surface area contributed by atoms with Crippen LogP contribution in [-0.2, 0) is 0 Å². The van der Waals surface area contributed by atoms with E-state index < -0.39 is 0 Å². The molecule has 0 aliphatic heterocycles. The summed E-state index contributed by atoms with van der Waals surface area (Å²) in [6.45, 7) is 0. The topological polar surface area (TPSA) is 12.0 Å². The van der Waals surface area contributed by atoms with Gasteiger partial charge in [-0.2, -0.15) is 0 Å². The number of rotatable bonds is 4. The van der Waals surface area contributed by atoms with Crippen LogP contribution in [0.25, 0.3) is 22.3 Å². The summed E-state index contributed by atoms with van der Waals surface area (Å²) in [5, 5.41) is 3.41. The SMILES string of the molecule is c1ccc(Nc2ccc(-c3ccc(-c4ccccc4)cc3)cc2)cc1. The van der Waals surface area contributed by atoms with E-state index in [1.807, 2.05) is 24.3 Å². The summed E-state index contributed by atoms with van der Waals surface area (Å²) in [4.78, 5) is 0. The highest BCUT2D eigenvalue weighted by molar-refractivity contribution is 5.72. The minimum atomic E-state index is 1.09. The van der Waals surface area contributed by atoms with E-state index in [2.05, 4.69) is 90.2 Å². The Hall–Kier alpha value is -3.32. The van der Waals surface area contributed by atoms with Gasteiger partial charge in [-0.3, -0.25) is 0 Å². The molecule has 1 heteroatoms. The van der Waals surface area contributed by atoms with Gasteiger partial charge in [-0.1, -0.05) is 84.9 Å². The number of benzene rings is 4. The molecule has 4 aromatic rings. The summed E-state index contributed by atoms with van der Waals surface area (Å²) in [7, 11) is 0. The predicted octanol–water partition coefficient (Wildman–Crippen LogP) is 6.76. The standard InChI is InChI=1S/C24H19N/c1-3-7-19(8-4-1)20-11-13-21(14-12-20)22-15-17-24(18-16-22)25-23-9-5-2-6-10-23/h1-18,25H. The summed E-state index contributed by atoms with van der Waals surface area (Å²) in [5.74, 6) is 0. The van der Waals surface area contributed by atoms with E-state index in [1.54, 1.807) is 0 Å². The van der Waals surface area contributed by atoms with E-state index in [0.717, 1.165) is 11.4 Å². The molecule has 0 atom stereocenters. The molecule has 0 aliphatic rings. The summed E-state index contributed by atoms with van der Waals surface area (Å²) >= 11 is 0. The first-order valence-corrected chi connectivity index (χ1v) is 8.46. The van der Waals surface area contributed by atoms with E-state index in [4.69, 9.17) is 0 Å². The average Bonchev–Trinajstić information content (AvgIpc) is 2.70. The Labute approximate surface area is 148 Å². The van der Waals surface area contributed by atoms with E-state index in [9.17, 15) is 0 Å². The monoisotopic (exact) mass is 321 g/mol. The fourth-order valence-corrected chi connectivity index (χ4v) is 2.92. The average molecular weight is 321 g/mol. The number of hydrogen-bond donors (Lipinski definition) is 1. The van der Waals surface area contributed by atoms with Gasteiger partial charge in [0.05, 0.1) is 0 Å². The third-order valence-electron chi connectivity index (χ3n) is 4.27. The molecule has 25 heavy (non-hydrogen) atoms. The van der Waals surface area contributed by atoms with Crippen LogP contribution in [-0.4, -0.2) is 0 Å². The lowest BCUT2D eigenvalue weighted by molar-refractivity contribution is 1.54. The van der Waals surface area contributed by atoms with E-state index in [0.29, 0.717) is 0 Å². The van der Waals surface area contributed by atoms with Gasteiger partial charge in [0.15, 0.2) is 0 Å². The molecule has 1 N–H and O–H groups in total. The van der Waals surface area contributed by atoms with Crippen molar-refractivity contribution in [2.45, 2.75) is 0 Å². The maximum Gasteiger partial charge on any atom is 0.0384 e. The van der Waals surface area contributed by atoms with E-state index >= 15 is 0 Å². The van der Waals surface area contributed by atoms with Gasteiger partial charge in [-0.05, 0) is 46.5 Å². The molecular weight excluding hydrogens is 302 g/mol. The zero-order valence-corrected chi connectivity index (χ0v) is 13.9. The maximum absolute atomic E-state index is 3.41. The predicted molar refractivity (Wildman–Crippen MR) is 107 cm³/mol. The largest absolute Gasteiger partial charge is 0.356 e. The summed E-state index contributed by atoms with van der Waals surface area (Å²) in [5.41, 5.74) is 7.13. The minimum absolute atomic E-state index is 1.09. The van der Waals surface area contributed by atoms with Crippen LogP contribution in [0.15, 0.2) is 109 Å². The number of hydrogen-bond acceptors (Lipinski definition) is 1. The molecule has 0 amide bonds. The first-order chi connectivity index (χ1) is 12.4. The minimum Gasteiger partial charge on any atom is -0.356 e. The van der Waals surface area contributed by atoms with E-state index in [1.165, 1.54) is 22.3 Å². The normalized spacial score (nSPS) is 10.4. The smallest absolute Gasteiger partial charge is 0.0384 e. The molecule has 0 saturated carbocycles. The molecule has 120 valence electrons. The zero-order chi connectivity index (χ0) is 16.9. The summed E-state index contributed by atoms with van der Waals surface area (Å²) in [6, 6.07) is 38.0. The lowest BCUT2D eigenvalue weighted by atomic mass is 10.0. The molecule has 0 unspecified atom stereocenters. The van der Waals surface area contributed by atoms with Gasteiger partial charge < -0.3 is 5.32 Å². The number of para-hydroxylation sites is 1. The molecule has 0 saturated heterocycles. The molecule has 1 nitrogen and oxygen atoms in total. The second-order valence-electron chi connectivity index (χ2n) is 6.01.